The number of benzene rings is 2. The van der Waals surface area contributed by atoms with Crippen molar-refractivity contribution in [2.75, 3.05) is 5.32 Å². The van der Waals surface area contributed by atoms with E-state index in [4.69, 9.17) is 4.74 Å². The summed E-state index contributed by atoms with van der Waals surface area (Å²) in [7, 11) is 0. The number of ether oxygens (including phenoxy) is 1. The smallest absolute Gasteiger partial charge is 0.265 e. The van der Waals surface area contributed by atoms with Crippen LogP contribution in [-0.4, -0.2) is 18.3 Å². The first-order valence-electron chi connectivity index (χ1n) is 6.87. The number of rotatable bonds is 3. The predicted molar refractivity (Wildman–Crippen MR) is 79.6 cm³/mol. The first-order chi connectivity index (χ1) is 10.3. The van der Waals surface area contributed by atoms with Gasteiger partial charge in [-0.05, 0) is 48.7 Å². The van der Waals surface area contributed by atoms with Gasteiger partial charge in [0.05, 0.1) is 0 Å². The number of fused-ring (bicyclic) bond motifs is 1. The van der Waals surface area contributed by atoms with Gasteiger partial charge in [0.2, 0.25) is 0 Å². The molecule has 3 rings (SSSR count). The molecule has 106 valence electrons. The Kier molecular flexibility index (Phi) is 3.69. The van der Waals surface area contributed by atoms with Gasteiger partial charge in [0.1, 0.15) is 12.0 Å². The van der Waals surface area contributed by atoms with Crippen molar-refractivity contribution >= 4 is 17.9 Å². The van der Waals surface area contributed by atoms with E-state index in [0.717, 1.165) is 24.0 Å². The van der Waals surface area contributed by atoms with Crippen molar-refractivity contribution in [3.63, 3.8) is 0 Å². The van der Waals surface area contributed by atoms with E-state index in [0.29, 0.717) is 17.7 Å². The van der Waals surface area contributed by atoms with Crippen molar-refractivity contribution in [3.8, 4) is 5.75 Å². The maximum Gasteiger partial charge on any atom is 0.265 e. The highest BCUT2D eigenvalue weighted by atomic mass is 16.5. The quantitative estimate of drug-likeness (QED) is 0.880. The topological polar surface area (TPSA) is 55.4 Å². The average molecular weight is 281 g/mol. The molecule has 0 fully saturated rings. The van der Waals surface area contributed by atoms with Crippen LogP contribution in [0.3, 0.4) is 0 Å². The molecule has 2 aromatic rings. The molecule has 0 aliphatic carbocycles. The van der Waals surface area contributed by atoms with E-state index in [1.165, 1.54) is 0 Å². The number of carbonyl (C=O) groups is 2. The molecule has 0 radical (unpaired) electrons. The highest BCUT2D eigenvalue weighted by Gasteiger charge is 2.24. The fraction of sp³-hybridized carbons (Fsp3) is 0.176. The van der Waals surface area contributed by atoms with Crippen molar-refractivity contribution in [2.45, 2.75) is 18.9 Å². The number of hydrogen-bond donors (Lipinski definition) is 1. The second-order valence-electron chi connectivity index (χ2n) is 4.98. The number of aldehydes is 1. The molecule has 1 aliphatic heterocycles. The van der Waals surface area contributed by atoms with Crippen LogP contribution in [0.5, 0.6) is 5.75 Å². The van der Waals surface area contributed by atoms with Crippen LogP contribution < -0.4 is 10.1 Å². The summed E-state index contributed by atoms with van der Waals surface area (Å²) in [5, 5.41) is 2.90. The summed E-state index contributed by atoms with van der Waals surface area (Å²) in [6.07, 6.45) is 1.66. The van der Waals surface area contributed by atoms with E-state index < -0.39 is 6.10 Å². The SMILES string of the molecule is O=Cc1ccc(OC2CCc3ccccc3NC2=O)cc1. The third-order valence-corrected chi connectivity index (χ3v) is 3.54. The van der Waals surface area contributed by atoms with Crippen LogP contribution in [0.25, 0.3) is 0 Å². The highest BCUT2D eigenvalue weighted by Crippen LogP contribution is 2.24. The molecule has 0 spiro atoms. The normalized spacial score (nSPS) is 17.3. The number of hydrogen-bond acceptors (Lipinski definition) is 3. The Morgan fingerprint density at radius 2 is 1.86 bits per heavy atom. The van der Waals surface area contributed by atoms with Crippen LogP contribution in [0, 0.1) is 0 Å². The first-order valence-corrected chi connectivity index (χ1v) is 6.87. The van der Waals surface area contributed by atoms with E-state index >= 15 is 0 Å². The van der Waals surface area contributed by atoms with Crippen LogP contribution in [0.15, 0.2) is 48.5 Å². The lowest BCUT2D eigenvalue weighted by molar-refractivity contribution is -0.122. The Labute approximate surface area is 122 Å². The molecular formula is C17H15NO3. The number of aryl methyl sites for hydroxylation is 1. The Bertz CT molecular complexity index is 664. The number of anilines is 1. The van der Waals surface area contributed by atoms with Gasteiger partial charge in [-0.15, -0.1) is 0 Å². The molecule has 1 amide bonds. The molecule has 1 atom stereocenters. The number of para-hydroxylation sites is 1. The molecule has 0 saturated carbocycles. The fourth-order valence-electron chi connectivity index (χ4n) is 2.39. The van der Waals surface area contributed by atoms with Gasteiger partial charge in [-0.2, -0.15) is 0 Å². The first kappa shape index (κ1) is 13.4. The second-order valence-corrected chi connectivity index (χ2v) is 4.98. The molecule has 0 aromatic heterocycles. The largest absolute Gasteiger partial charge is 0.481 e. The Morgan fingerprint density at radius 3 is 2.62 bits per heavy atom. The van der Waals surface area contributed by atoms with Crippen molar-refractivity contribution in [1.29, 1.82) is 0 Å². The lowest BCUT2D eigenvalue weighted by Crippen LogP contribution is -2.31. The number of amides is 1. The lowest BCUT2D eigenvalue weighted by atomic mass is 10.1. The van der Waals surface area contributed by atoms with Crippen LogP contribution in [0.2, 0.25) is 0 Å². The van der Waals surface area contributed by atoms with Gasteiger partial charge >= 0.3 is 0 Å². The lowest BCUT2D eigenvalue weighted by Gasteiger charge is -2.15. The van der Waals surface area contributed by atoms with Crippen molar-refractivity contribution in [3.05, 3.63) is 59.7 Å². The van der Waals surface area contributed by atoms with E-state index in [2.05, 4.69) is 5.32 Å². The third-order valence-electron chi connectivity index (χ3n) is 3.54. The van der Waals surface area contributed by atoms with Gasteiger partial charge in [0.15, 0.2) is 6.10 Å². The zero-order chi connectivity index (χ0) is 14.7. The fourth-order valence-corrected chi connectivity index (χ4v) is 2.39. The second kappa shape index (κ2) is 5.79. The highest BCUT2D eigenvalue weighted by molar-refractivity contribution is 5.95. The maximum absolute atomic E-state index is 12.2. The van der Waals surface area contributed by atoms with E-state index in [1.54, 1.807) is 24.3 Å². The van der Waals surface area contributed by atoms with Crippen molar-refractivity contribution in [2.24, 2.45) is 0 Å². The van der Waals surface area contributed by atoms with Gasteiger partial charge in [-0.25, -0.2) is 0 Å². The van der Waals surface area contributed by atoms with Crippen LogP contribution >= 0.6 is 0 Å². The zero-order valence-corrected chi connectivity index (χ0v) is 11.4. The van der Waals surface area contributed by atoms with Crippen molar-refractivity contribution < 1.29 is 14.3 Å². The Hall–Kier alpha value is -2.62. The van der Waals surface area contributed by atoms with Gasteiger partial charge < -0.3 is 10.1 Å². The standard InChI is InChI=1S/C17H15NO3/c19-11-12-5-8-14(9-6-12)21-16-10-7-13-3-1-2-4-15(13)18-17(16)20/h1-6,8-9,11,16H,7,10H2,(H,18,20). The maximum atomic E-state index is 12.2. The zero-order valence-electron chi connectivity index (χ0n) is 11.4. The van der Waals surface area contributed by atoms with E-state index in [1.807, 2.05) is 24.3 Å². The summed E-state index contributed by atoms with van der Waals surface area (Å²) < 4.78 is 5.75. The summed E-state index contributed by atoms with van der Waals surface area (Å²) >= 11 is 0. The van der Waals surface area contributed by atoms with Crippen LogP contribution in [-0.2, 0) is 11.2 Å². The molecule has 0 bridgehead atoms. The molecule has 2 aromatic carbocycles. The molecule has 4 heteroatoms. The molecular weight excluding hydrogens is 266 g/mol. The minimum Gasteiger partial charge on any atom is -0.481 e. The molecule has 1 N–H and O–H groups in total. The molecule has 1 heterocycles. The molecule has 21 heavy (non-hydrogen) atoms. The van der Waals surface area contributed by atoms with Gasteiger partial charge in [0.25, 0.3) is 5.91 Å². The number of carbonyl (C=O) groups excluding carboxylic acids is 2. The Morgan fingerprint density at radius 1 is 1.10 bits per heavy atom. The molecule has 4 nitrogen and oxygen atoms in total. The minimum absolute atomic E-state index is 0.139. The van der Waals surface area contributed by atoms with E-state index in [-0.39, 0.29) is 5.91 Å². The van der Waals surface area contributed by atoms with Gasteiger partial charge in [-0.1, -0.05) is 18.2 Å². The minimum atomic E-state index is -0.528. The predicted octanol–water partition coefficient (Wildman–Crippen LogP) is 2.83. The van der Waals surface area contributed by atoms with Gasteiger partial charge in [-0.3, -0.25) is 9.59 Å². The summed E-state index contributed by atoms with van der Waals surface area (Å²) in [6.45, 7) is 0. The summed E-state index contributed by atoms with van der Waals surface area (Å²) in [5.41, 5.74) is 2.55. The van der Waals surface area contributed by atoms with Gasteiger partial charge in [0, 0.05) is 11.3 Å². The van der Waals surface area contributed by atoms with Crippen molar-refractivity contribution in [1.82, 2.24) is 0 Å². The van der Waals surface area contributed by atoms with Crippen LogP contribution in [0.4, 0.5) is 5.69 Å². The summed E-state index contributed by atoms with van der Waals surface area (Å²) in [5.74, 6) is 0.450. The van der Waals surface area contributed by atoms with Crippen LogP contribution in [0.1, 0.15) is 22.3 Å². The third kappa shape index (κ3) is 2.94. The Balaban J connectivity index is 1.74. The monoisotopic (exact) mass is 281 g/mol. The molecule has 1 unspecified atom stereocenters. The molecule has 0 saturated heterocycles. The average Bonchev–Trinajstić information content (AvgIpc) is 2.67. The number of nitrogens with one attached hydrogen (secondary N) is 1. The molecule has 1 aliphatic rings. The summed E-state index contributed by atoms with van der Waals surface area (Å²) in [6, 6.07) is 14.5. The summed E-state index contributed by atoms with van der Waals surface area (Å²) in [4.78, 5) is 22.8. The van der Waals surface area contributed by atoms with E-state index in [9.17, 15) is 9.59 Å².